The Morgan fingerprint density at radius 1 is 1.33 bits per heavy atom. The number of hydrogen-bond donors (Lipinski definition) is 1. The summed E-state index contributed by atoms with van der Waals surface area (Å²) in [5.74, 6) is 0. The van der Waals surface area contributed by atoms with Crippen LogP contribution < -0.4 is 0 Å². The van der Waals surface area contributed by atoms with Crippen LogP contribution in [-0.2, 0) is 6.54 Å². The summed E-state index contributed by atoms with van der Waals surface area (Å²) in [5.41, 5.74) is 1.18. The minimum absolute atomic E-state index is 0.0896. The SMILES string of the molecule is OCCN(Cc1ccccc1)C1(Cl)C=CN=CC1. The molecule has 1 aromatic carbocycles. The molecule has 0 aliphatic carbocycles. The zero-order chi connectivity index (χ0) is 12.8. The second kappa shape index (κ2) is 6.14. The van der Waals surface area contributed by atoms with Crippen LogP contribution in [0.5, 0.6) is 0 Å². The molecule has 0 spiro atoms. The lowest BCUT2D eigenvalue weighted by molar-refractivity contribution is 0.146. The van der Waals surface area contributed by atoms with Crippen LogP contribution in [0.3, 0.4) is 0 Å². The van der Waals surface area contributed by atoms with Crippen LogP contribution in [0.25, 0.3) is 0 Å². The predicted molar refractivity (Wildman–Crippen MR) is 74.8 cm³/mol. The Bertz CT molecular complexity index is 433. The molecule has 18 heavy (non-hydrogen) atoms. The van der Waals surface area contributed by atoms with E-state index < -0.39 is 5.00 Å². The van der Waals surface area contributed by atoms with Gasteiger partial charge in [-0.1, -0.05) is 41.9 Å². The Morgan fingerprint density at radius 3 is 2.72 bits per heavy atom. The van der Waals surface area contributed by atoms with Gasteiger partial charge in [0, 0.05) is 31.9 Å². The second-order valence-corrected chi connectivity index (χ2v) is 4.96. The number of benzene rings is 1. The topological polar surface area (TPSA) is 35.8 Å². The Kier molecular flexibility index (Phi) is 4.53. The number of aliphatic imine (C=N–C) groups is 1. The Labute approximate surface area is 112 Å². The third-order valence-corrected chi connectivity index (χ3v) is 3.53. The molecule has 1 unspecified atom stereocenters. The van der Waals surface area contributed by atoms with E-state index in [-0.39, 0.29) is 6.61 Å². The summed E-state index contributed by atoms with van der Waals surface area (Å²) in [6.07, 6.45) is 6.05. The molecule has 96 valence electrons. The maximum atomic E-state index is 9.20. The first kappa shape index (κ1) is 13.3. The molecule has 0 bridgehead atoms. The summed E-state index contributed by atoms with van der Waals surface area (Å²) in [6.45, 7) is 1.34. The van der Waals surface area contributed by atoms with Gasteiger partial charge in [0.2, 0.25) is 0 Å². The summed E-state index contributed by atoms with van der Waals surface area (Å²) < 4.78 is 0. The monoisotopic (exact) mass is 264 g/mol. The lowest BCUT2D eigenvalue weighted by atomic mass is 10.1. The van der Waals surface area contributed by atoms with Gasteiger partial charge in [0.15, 0.2) is 0 Å². The van der Waals surface area contributed by atoms with Gasteiger partial charge < -0.3 is 5.11 Å². The molecule has 0 saturated heterocycles. The van der Waals surface area contributed by atoms with E-state index in [4.69, 9.17) is 11.6 Å². The molecule has 0 saturated carbocycles. The lowest BCUT2D eigenvalue weighted by Gasteiger charge is -2.36. The predicted octanol–water partition coefficient (Wildman–Crippen LogP) is 2.40. The molecular weight excluding hydrogens is 248 g/mol. The fourth-order valence-corrected chi connectivity index (χ4v) is 2.29. The van der Waals surface area contributed by atoms with E-state index in [2.05, 4.69) is 22.0 Å². The number of aliphatic hydroxyl groups excluding tert-OH is 1. The van der Waals surface area contributed by atoms with E-state index in [0.29, 0.717) is 19.5 Å². The maximum Gasteiger partial charge on any atom is 0.122 e. The Morgan fingerprint density at radius 2 is 2.11 bits per heavy atom. The summed E-state index contributed by atoms with van der Waals surface area (Å²) in [6, 6.07) is 10.1. The van der Waals surface area contributed by atoms with Gasteiger partial charge in [-0.3, -0.25) is 9.89 Å². The summed E-state index contributed by atoms with van der Waals surface area (Å²) in [4.78, 5) is 5.52. The van der Waals surface area contributed by atoms with E-state index >= 15 is 0 Å². The summed E-state index contributed by atoms with van der Waals surface area (Å²) in [5, 5.41) is 9.20. The molecule has 1 aliphatic heterocycles. The third-order valence-electron chi connectivity index (χ3n) is 3.01. The van der Waals surface area contributed by atoms with Crippen LogP contribution in [-0.4, -0.2) is 34.4 Å². The van der Waals surface area contributed by atoms with Crippen molar-refractivity contribution < 1.29 is 5.11 Å². The van der Waals surface area contributed by atoms with E-state index in [9.17, 15) is 5.11 Å². The molecule has 0 radical (unpaired) electrons. The van der Waals surface area contributed by atoms with Crippen molar-refractivity contribution in [2.24, 2.45) is 4.99 Å². The molecule has 3 nitrogen and oxygen atoms in total. The molecule has 2 rings (SSSR count). The van der Waals surface area contributed by atoms with Gasteiger partial charge in [-0.15, -0.1) is 0 Å². The molecule has 1 N–H and O–H groups in total. The van der Waals surface area contributed by atoms with Crippen LogP contribution >= 0.6 is 11.6 Å². The summed E-state index contributed by atoms with van der Waals surface area (Å²) >= 11 is 6.61. The third kappa shape index (κ3) is 3.19. The number of rotatable bonds is 5. The zero-order valence-corrected chi connectivity index (χ0v) is 10.9. The van der Waals surface area contributed by atoms with Crippen LogP contribution in [0, 0.1) is 0 Å². The van der Waals surface area contributed by atoms with Crippen molar-refractivity contribution in [2.75, 3.05) is 13.2 Å². The number of halogens is 1. The van der Waals surface area contributed by atoms with E-state index in [1.165, 1.54) is 5.56 Å². The van der Waals surface area contributed by atoms with Gasteiger partial charge in [0.25, 0.3) is 0 Å². The number of alkyl halides is 1. The van der Waals surface area contributed by atoms with Crippen molar-refractivity contribution in [1.82, 2.24) is 4.90 Å². The molecule has 1 atom stereocenters. The quantitative estimate of drug-likeness (QED) is 0.655. The Hall–Kier alpha value is -1.16. The van der Waals surface area contributed by atoms with Gasteiger partial charge in [-0.25, -0.2) is 0 Å². The van der Waals surface area contributed by atoms with Gasteiger partial charge in [-0.2, -0.15) is 0 Å². The van der Waals surface area contributed by atoms with Crippen LogP contribution in [0.15, 0.2) is 47.6 Å². The van der Waals surface area contributed by atoms with Crippen molar-refractivity contribution >= 4 is 17.8 Å². The highest BCUT2D eigenvalue weighted by Gasteiger charge is 2.32. The zero-order valence-electron chi connectivity index (χ0n) is 10.2. The molecule has 1 aliphatic rings. The average molecular weight is 265 g/mol. The standard InChI is InChI=1S/C14H17ClN2O/c15-14(6-8-16-9-7-14)17(10-11-18)12-13-4-2-1-3-5-13/h1-6,8-9,18H,7,10-12H2. The normalized spacial score (nSPS) is 22.6. The highest BCUT2D eigenvalue weighted by atomic mass is 35.5. The van der Waals surface area contributed by atoms with Gasteiger partial charge >= 0.3 is 0 Å². The van der Waals surface area contributed by atoms with Gasteiger partial charge in [0.1, 0.15) is 5.00 Å². The van der Waals surface area contributed by atoms with Crippen molar-refractivity contribution in [3.05, 3.63) is 48.2 Å². The highest BCUT2D eigenvalue weighted by molar-refractivity contribution is 6.25. The molecule has 0 fully saturated rings. The number of nitrogens with zero attached hydrogens (tertiary/aromatic N) is 2. The van der Waals surface area contributed by atoms with Crippen LogP contribution in [0.2, 0.25) is 0 Å². The van der Waals surface area contributed by atoms with Gasteiger partial charge in [0.05, 0.1) is 6.61 Å². The second-order valence-electron chi connectivity index (χ2n) is 4.30. The molecule has 1 heterocycles. The first-order valence-electron chi connectivity index (χ1n) is 6.03. The van der Waals surface area contributed by atoms with E-state index in [1.807, 2.05) is 30.5 Å². The molecular formula is C14H17ClN2O. The minimum atomic E-state index is -0.583. The molecule has 1 aromatic rings. The summed E-state index contributed by atoms with van der Waals surface area (Å²) in [7, 11) is 0. The average Bonchev–Trinajstić information content (AvgIpc) is 2.40. The van der Waals surface area contributed by atoms with Crippen LogP contribution in [0.4, 0.5) is 0 Å². The fourth-order valence-electron chi connectivity index (χ4n) is 2.02. The fraction of sp³-hybridized carbons (Fsp3) is 0.357. The highest BCUT2D eigenvalue weighted by Crippen LogP contribution is 2.29. The van der Waals surface area contributed by atoms with E-state index in [1.54, 1.807) is 6.20 Å². The van der Waals surface area contributed by atoms with Crippen molar-refractivity contribution in [3.8, 4) is 0 Å². The minimum Gasteiger partial charge on any atom is -0.395 e. The van der Waals surface area contributed by atoms with Gasteiger partial charge in [-0.05, 0) is 11.6 Å². The van der Waals surface area contributed by atoms with Crippen LogP contribution in [0.1, 0.15) is 12.0 Å². The largest absolute Gasteiger partial charge is 0.395 e. The van der Waals surface area contributed by atoms with Crippen molar-refractivity contribution in [2.45, 2.75) is 18.0 Å². The number of aliphatic hydroxyl groups is 1. The molecule has 4 heteroatoms. The first-order chi connectivity index (χ1) is 8.74. The first-order valence-corrected chi connectivity index (χ1v) is 6.40. The maximum absolute atomic E-state index is 9.20. The van der Waals surface area contributed by atoms with Crippen molar-refractivity contribution in [3.63, 3.8) is 0 Å². The molecule has 0 aromatic heterocycles. The van der Waals surface area contributed by atoms with E-state index in [0.717, 1.165) is 0 Å². The van der Waals surface area contributed by atoms with Crippen molar-refractivity contribution in [1.29, 1.82) is 0 Å². The lowest BCUT2D eigenvalue weighted by Crippen LogP contribution is -2.44. The molecule has 0 amide bonds. The smallest absolute Gasteiger partial charge is 0.122 e. The number of hydrogen-bond acceptors (Lipinski definition) is 3. The Balaban J connectivity index is 2.13.